The number of nitrogens with two attached hydrogens (primary N) is 1. The largest absolute Gasteiger partial charge is 0.322 e. The maximum absolute atomic E-state index is 5.73. The third-order valence-corrected chi connectivity index (χ3v) is 3.96. The summed E-state index contributed by atoms with van der Waals surface area (Å²) in [5.41, 5.74) is 6.71. The fourth-order valence-corrected chi connectivity index (χ4v) is 2.74. The normalized spacial score (nSPS) is 13.0. The van der Waals surface area contributed by atoms with E-state index in [1.807, 2.05) is 13.8 Å². The van der Waals surface area contributed by atoms with E-state index in [0.29, 0.717) is 0 Å². The lowest BCUT2D eigenvalue weighted by Crippen LogP contribution is -2.03. The third-order valence-electron chi connectivity index (χ3n) is 1.92. The van der Waals surface area contributed by atoms with Crippen LogP contribution in [0.25, 0.3) is 9.88 Å². The number of nitrogens with zero attached hydrogens (tertiary/aromatic N) is 4. The summed E-state index contributed by atoms with van der Waals surface area (Å²) < 4.78 is 3.92. The van der Waals surface area contributed by atoms with Gasteiger partial charge >= 0.3 is 0 Å². The topological polar surface area (TPSA) is 77.6 Å². The molecule has 0 aromatic carbocycles. The highest BCUT2D eigenvalue weighted by molar-refractivity contribution is 7.19. The van der Waals surface area contributed by atoms with Crippen LogP contribution in [0.15, 0.2) is 0 Å². The molecule has 2 aromatic heterocycles. The molecule has 0 spiro atoms. The van der Waals surface area contributed by atoms with E-state index >= 15 is 0 Å². The molecule has 0 saturated heterocycles. The van der Waals surface area contributed by atoms with Crippen LogP contribution in [0.4, 0.5) is 0 Å². The standard InChI is InChI=1S/C8H11N5S2/c1-3-5-6(15-13-10-5)8-12-11-7(14-8)4(2)9/h4H,3,9H2,1-2H3. The number of rotatable bonds is 3. The van der Waals surface area contributed by atoms with Crippen LogP contribution < -0.4 is 5.73 Å². The van der Waals surface area contributed by atoms with Crippen molar-refractivity contribution in [2.75, 3.05) is 0 Å². The molecule has 2 N–H and O–H groups in total. The maximum atomic E-state index is 5.73. The van der Waals surface area contributed by atoms with Gasteiger partial charge in [-0.15, -0.1) is 15.3 Å². The molecule has 2 aromatic rings. The molecular formula is C8H11N5S2. The van der Waals surface area contributed by atoms with Crippen molar-refractivity contribution in [3.8, 4) is 9.88 Å². The summed E-state index contributed by atoms with van der Waals surface area (Å²) in [5, 5.41) is 13.9. The average Bonchev–Trinajstić information content (AvgIpc) is 2.85. The first kappa shape index (κ1) is 10.6. The highest BCUT2D eigenvalue weighted by Crippen LogP contribution is 2.30. The zero-order valence-corrected chi connectivity index (χ0v) is 10.1. The van der Waals surface area contributed by atoms with E-state index in [-0.39, 0.29) is 6.04 Å². The molecule has 2 heterocycles. The predicted molar refractivity (Wildman–Crippen MR) is 60.8 cm³/mol. The molecule has 0 fully saturated rings. The van der Waals surface area contributed by atoms with Gasteiger partial charge in [-0.25, -0.2) is 0 Å². The van der Waals surface area contributed by atoms with E-state index in [0.717, 1.165) is 27.0 Å². The third kappa shape index (κ3) is 2.04. The molecule has 0 amide bonds. The molecule has 0 bridgehead atoms. The molecule has 2 rings (SSSR count). The zero-order chi connectivity index (χ0) is 10.8. The molecule has 1 atom stereocenters. The summed E-state index contributed by atoms with van der Waals surface area (Å²) in [4.78, 5) is 1.02. The second kappa shape index (κ2) is 4.30. The van der Waals surface area contributed by atoms with E-state index < -0.39 is 0 Å². The minimum atomic E-state index is -0.0674. The Morgan fingerprint density at radius 2 is 2.13 bits per heavy atom. The Morgan fingerprint density at radius 1 is 1.33 bits per heavy atom. The summed E-state index contributed by atoms with van der Waals surface area (Å²) >= 11 is 2.87. The Hall–Kier alpha value is -0.920. The van der Waals surface area contributed by atoms with E-state index in [4.69, 9.17) is 5.73 Å². The van der Waals surface area contributed by atoms with Crippen molar-refractivity contribution in [2.24, 2.45) is 5.73 Å². The van der Waals surface area contributed by atoms with Crippen molar-refractivity contribution in [1.29, 1.82) is 0 Å². The smallest absolute Gasteiger partial charge is 0.161 e. The molecule has 5 nitrogen and oxygen atoms in total. The van der Waals surface area contributed by atoms with Gasteiger partial charge in [0.15, 0.2) is 5.01 Å². The molecule has 80 valence electrons. The molecule has 1 unspecified atom stereocenters. The zero-order valence-electron chi connectivity index (χ0n) is 8.47. The van der Waals surface area contributed by atoms with Gasteiger partial charge in [-0.2, -0.15) is 0 Å². The summed E-state index contributed by atoms with van der Waals surface area (Å²) in [5.74, 6) is 0. The second-order valence-electron chi connectivity index (χ2n) is 3.14. The number of hydrogen-bond donors (Lipinski definition) is 1. The van der Waals surface area contributed by atoms with Gasteiger partial charge in [0.05, 0.1) is 11.7 Å². The van der Waals surface area contributed by atoms with Crippen molar-refractivity contribution in [3.05, 3.63) is 10.7 Å². The van der Waals surface area contributed by atoms with Crippen LogP contribution in [-0.2, 0) is 6.42 Å². The fourth-order valence-electron chi connectivity index (χ4n) is 1.11. The molecule has 0 aliphatic heterocycles. The summed E-state index contributed by atoms with van der Waals surface area (Å²) in [6, 6.07) is -0.0674. The predicted octanol–water partition coefficient (Wildman–Crippen LogP) is 1.64. The van der Waals surface area contributed by atoms with Gasteiger partial charge in [-0.3, -0.25) is 0 Å². The number of aromatic nitrogens is 4. The van der Waals surface area contributed by atoms with E-state index in [1.165, 1.54) is 22.9 Å². The monoisotopic (exact) mass is 241 g/mol. The lowest BCUT2D eigenvalue weighted by atomic mass is 10.3. The molecule has 0 radical (unpaired) electrons. The highest BCUT2D eigenvalue weighted by atomic mass is 32.1. The van der Waals surface area contributed by atoms with Gasteiger partial charge in [0, 0.05) is 0 Å². The van der Waals surface area contributed by atoms with Crippen molar-refractivity contribution < 1.29 is 0 Å². The first-order valence-electron chi connectivity index (χ1n) is 4.63. The average molecular weight is 241 g/mol. The SMILES string of the molecule is CCc1nnsc1-c1nnc(C(C)N)s1. The number of aryl methyl sites for hydroxylation is 1. The molecular weight excluding hydrogens is 230 g/mol. The van der Waals surface area contributed by atoms with Crippen molar-refractivity contribution in [1.82, 2.24) is 19.8 Å². The van der Waals surface area contributed by atoms with Crippen LogP contribution in [0, 0.1) is 0 Å². The van der Waals surface area contributed by atoms with E-state index in [1.54, 1.807) is 0 Å². The Labute approximate surface area is 95.5 Å². The van der Waals surface area contributed by atoms with Crippen molar-refractivity contribution >= 4 is 22.9 Å². The van der Waals surface area contributed by atoms with Crippen LogP contribution in [0.5, 0.6) is 0 Å². The molecule has 7 heteroatoms. The summed E-state index contributed by atoms with van der Waals surface area (Å²) in [7, 11) is 0. The van der Waals surface area contributed by atoms with Gasteiger partial charge in [0.1, 0.15) is 9.88 Å². The lowest BCUT2D eigenvalue weighted by Gasteiger charge is -1.94. The minimum absolute atomic E-state index is 0.0674. The van der Waals surface area contributed by atoms with Gasteiger partial charge < -0.3 is 5.73 Å². The fraction of sp³-hybridized carbons (Fsp3) is 0.500. The Bertz CT molecular complexity index is 447. The van der Waals surface area contributed by atoms with Crippen molar-refractivity contribution in [3.63, 3.8) is 0 Å². The highest BCUT2D eigenvalue weighted by Gasteiger charge is 2.15. The Morgan fingerprint density at radius 3 is 2.73 bits per heavy atom. The lowest BCUT2D eigenvalue weighted by molar-refractivity contribution is 0.786. The molecule has 0 saturated carbocycles. The Balaban J connectivity index is 2.37. The Kier molecular flexibility index (Phi) is 3.03. The number of hydrogen-bond acceptors (Lipinski definition) is 7. The summed E-state index contributed by atoms with van der Waals surface area (Å²) in [6.45, 7) is 3.95. The van der Waals surface area contributed by atoms with E-state index in [9.17, 15) is 0 Å². The van der Waals surface area contributed by atoms with Crippen LogP contribution in [0.1, 0.15) is 30.6 Å². The molecule has 0 aliphatic carbocycles. The van der Waals surface area contributed by atoms with Crippen LogP contribution >= 0.6 is 22.9 Å². The maximum Gasteiger partial charge on any atom is 0.161 e. The molecule has 15 heavy (non-hydrogen) atoms. The quantitative estimate of drug-likeness (QED) is 0.883. The van der Waals surface area contributed by atoms with Gasteiger partial charge in [0.2, 0.25) is 0 Å². The van der Waals surface area contributed by atoms with Crippen LogP contribution in [0.3, 0.4) is 0 Å². The summed E-state index contributed by atoms with van der Waals surface area (Å²) in [6.07, 6.45) is 0.860. The first-order valence-corrected chi connectivity index (χ1v) is 6.22. The van der Waals surface area contributed by atoms with Gasteiger partial charge in [0.25, 0.3) is 0 Å². The van der Waals surface area contributed by atoms with Gasteiger partial charge in [-0.05, 0) is 24.9 Å². The van der Waals surface area contributed by atoms with Crippen LogP contribution in [0.2, 0.25) is 0 Å². The van der Waals surface area contributed by atoms with Crippen molar-refractivity contribution in [2.45, 2.75) is 26.3 Å². The molecule has 0 aliphatic rings. The second-order valence-corrected chi connectivity index (χ2v) is 4.90. The first-order chi connectivity index (χ1) is 7.22. The van der Waals surface area contributed by atoms with Crippen LogP contribution in [-0.4, -0.2) is 19.8 Å². The van der Waals surface area contributed by atoms with Gasteiger partial charge in [-0.1, -0.05) is 22.7 Å². The minimum Gasteiger partial charge on any atom is -0.322 e. The van der Waals surface area contributed by atoms with E-state index in [2.05, 4.69) is 19.8 Å².